The molecule has 0 aliphatic carbocycles. The van der Waals surface area contributed by atoms with Crippen molar-refractivity contribution >= 4 is 11.8 Å². The Morgan fingerprint density at radius 1 is 1.00 bits per heavy atom. The summed E-state index contributed by atoms with van der Waals surface area (Å²) in [6.07, 6.45) is 8.65. The maximum atomic E-state index is 3.68. The number of thioether (sulfide) groups is 1. The summed E-state index contributed by atoms with van der Waals surface area (Å²) in [5.74, 6) is 2.80. The zero-order valence-corrected chi connectivity index (χ0v) is 11.8. The van der Waals surface area contributed by atoms with E-state index < -0.39 is 0 Å². The van der Waals surface area contributed by atoms with Crippen molar-refractivity contribution in [1.29, 1.82) is 0 Å². The number of rotatable bonds is 3. The van der Waals surface area contributed by atoms with Crippen LogP contribution in [0.4, 0.5) is 0 Å². The van der Waals surface area contributed by atoms with Crippen LogP contribution in [0.3, 0.4) is 0 Å². The first-order chi connectivity index (χ1) is 8.38. The molecule has 2 atom stereocenters. The van der Waals surface area contributed by atoms with Crippen molar-refractivity contribution in [2.75, 3.05) is 18.1 Å². The highest BCUT2D eigenvalue weighted by Gasteiger charge is 2.43. The van der Waals surface area contributed by atoms with E-state index in [2.05, 4.69) is 28.9 Å². The molecule has 3 rings (SSSR count). The molecule has 3 saturated heterocycles. The lowest BCUT2D eigenvalue weighted by atomic mass is 9.94. The first kappa shape index (κ1) is 12.3. The predicted octanol–water partition coefficient (Wildman–Crippen LogP) is 2.49. The number of nitrogens with one attached hydrogen (secondary N) is 1. The number of hydrogen-bond acceptors (Lipinski definition) is 3. The fraction of sp³-hybridized carbons (Fsp3) is 1.00. The molecule has 3 heterocycles. The highest BCUT2D eigenvalue weighted by Crippen LogP contribution is 2.40. The van der Waals surface area contributed by atoms with Crippen molar-refractivity contribution in [2.24, 2.45) is 0 Å². The lowest BCUT2D eigenvalue weighted by Gasteiger charge is -2.45. The molecule has 2 nitrogen and oxygen atoms in total. The van der Waals surface area contributed by atoms with Crippen molar-refractivity contribution in [3.8, 4) is 0 Å². The second-order valence-corrected chi connectivity index (χ2v) is 7.13. The van der Waals surface area contributed by atoms with Crippen LogP contribution < -0.4 is 5.32 Å². The van der Waals surface area contributed by atoms with Gasteiger partial charge in [-0.1, -0.05) is 6.92 Å². The van der Waals surface area contributed by atoms with E-state index in [4.69, 9.17) is 0 Å². The van der Waals surface area contributed by atoms with Crippen LogP contribution in [0.15, 0.2) is 0 Å². The average molecular weight is 254 g/mol. The molecular formula is C14H26N2S. The number of hydrogen-bond donors (Lipinski definition) is 1. The van der Waals surface area contributed by atoms with Gasteiger partial charge in [-0.15, -0.1) is 0 Å². The Bertz CT molecular complexity index is 239. The molecule has 0 radical (unpaired) electrons. The molecule has 2 bridgehead atoms. The van der Waals surface area contributed by atoms with Gasteiger partial charge in [-0.05, 0) is 56.6 Å². The molecule has 3 aliphatic heterocycles. The van der Waals surface area contributed by atoms with Crippen LogP contribution in [-0.4, -0.2) is 47.1 Å². The maximum absolute atomic E-state index is 3.68. The molecule has 1 N–H and O–H groups in total. The Morgan fingerprint density at radius 2 is 1.65 bits per heavy atom. The van der Waals surface area contributed by atoms with Gasteiger partial charge in [0.25, 0.3) is 0 Å². The van der Waals surface area contributed by atoms with Gasteiger partial charge in [0.15, 0.2) is 0 Å². The zero-order valence-electron chi connectivity index (χ0n) is 11.0. The summed E-state index contributed by atoms with van der Waals surface area (Å²) in [7, 11) is 0. The van der Waals surface area contributed by atoms with Crippen LogP contribution in [0.25, 0.3) is 0 Å². The summed E-state index contributed by atoms with van der Waals surface area (Å²) in [5, 5.41) is 3.68. The monoisotopic (exact) mass is 254 g/mol. The van der Waals surface area contributed by atoms with E-state index in [1.54, 1.807) is 0 Å². The SMILES string of the molecule is CCNC1CC2CCC(C1)N2C1CCSCC1. The Balaban J connectivity index is 1.63. The fourth-order valence-corrected chi connectivity index (χ4v) is 5.33. The topological polar surface area (TPSA) is 15.3 Å². The van der Waals surface area contributed by atoms with Crippen molar-refractivity contribution in [1.82, 2.24) is 10.2 Å². The van der Waals surface area contributed by atoms with Gasteiger partial charge < -0.3 is 5.32 Å². The van der Waals surface area contributed by atoms with Gasteiger partial charge in [0, 0.05) is 24.2 Å². The lowest BCUT2D eigenvalue weighted by Crippen LogP contribution is -2.53. The van der Waals surface area contributed by atoms with E-state index in [1.807, 2.05) is 0 Å². The van der Waals surface area contributed by atoms with Crippen LogP contribution >= 0.6 is 11.8 Å². The highest BCUT2D eigenvalue weighted by molar-refractivity contribution is 7.99. The summed E-state index contributed by atoms with van der Waals surface area (Å²) >= 11 is 2.16. The van der Waals surface area contributed by atoms with E-state index in [0.29, 0.717) is 0 Å². The van der Waals surface area contributed by atoms with E-state index in [9.17, 15) is 0 Å². The number of nitrogens with zero attached hydrogens (tertiary/aromatic N) is 1. The minimum Gasteiger partial charge on any atom is -0.314 e. The second kappa shape index (κ2) is 5.50. The molecule has 0 aromatic carbocycles. The summed E-state index contributed by atoms with van der Waals surface area (Å²) in [6.45, 7) is 3.39. The lowest BCUT2D eigenvalue weighted by molar-refractivity contribution is 0.0658. The minimum absolute atomic E-state index is 0.812. The van der Waals surface area contributed by atoms with Crippen LogP contribution in [0.1, 0.15) is 45.4 Å². The number of piperidine rings is 1. The summed E-state index contributed by atoms with van der Waals surface area (Å²) < 4.78 is 0. The molecule has 2 unspecified atom stereocenters. The Labute approximate surface area is 110 Å². The smallest absolute Gasteiger partial charge is 0.0117 e. The third-order valence-electron chi connectivity index (χ3n) is 4.89. The van der Waals surface area contributed by atoms with Gasteiger partial charge in [0.2, 0.25) is 0 Å². The van der Waals surface area contributed by atoms with Crippen LogP contribution in [0.5, 0.6) is 0 Å². The van der Waals surface area contributed by atoms with Gasteiger partial charge in [-0.3, -0.25) is 4.90 Å². The van der Waals surface area contributed by atoms with Gasteiger partial charge in [-0.25, -0.2) is 0 Å². The van der Waals surface area contributed by atoms with Gasteiger partial charge >= 0.3 is 0 Å². The van der Waals surface area contributed by atoms with Crippen LogP contribution in [-0.2, 0) is 0 Å². The molecule has 98 valence electrons. The van der Waals surface area contributed by atoms with Crippen molar-refractivity contribution in [3.05, 3.63) is 0 Å². The third-order valence-corrected chi connectivity index (χ3v) is 5.94. The van der Waals surface area contributed by atoms with Gasteiger partial charge in [0.1, 0.15) is 0 Å². The molecule has 3 heteroatoms. The fourth-order valence-electron chi connectivity index (χ4n) is 4.25. The van der Waals surface area contributed by atoms with Crippen molar-refractivity contribution in [2.45, 2.75) is 69.6 Å². The normalized spacial score (nSPS) is 39.7. The molecule has 3 aliphatic rings. The summed E-state index contributed by atoms with van der Waals surface area (Å²) in [5.41, 5.74) is 0. The van der Waals surface area contributed by atoms with Crippen molar-refractivity contribution in [3.63, 3.8) is 0 Å². The first-order valence-electron chi connectivity index (χ1n) is 7.47. The van der Waals surface area contributed by atoms with Crippen LogP contribution in [0, 0.1) is 0 Å². The largest absolute Gasteiger partial charge is 0.314 e. The zero-order chi connectivity index (χ0) is 11.7. The molecule has 3 fully saturated rings. The summed E-state index contributed by atoms with van der Waals surface area (Å²) in [4.78, 5) is 2.94. The van der Waals surface area contributed by atoms with Gasteiger partial charge in [-0.2, -0.15) is 11.8 Å². The second-order valence-electron chi connectivity index (χ2n) is 5.90. The molecule has 17 heavy (non-hydrogen) atoms. The molecule has 0 saturated carbocycles. The van der Waals surface area contributed by atoms with E-state index in [-0.39, 0.29) is 0 Å². The minimum atomic E-state index is 0.812. The van der Waals surface area contributed by atoms with Gasteiger partial charge in [0.05, 0.1) is 0 Å². The third kappa shape index (κ3) is 2.52. The average Bonchev–Trinajstić information content (AvgIpc) is 2.63. The Morgan fingerprint density at radius 3 is 2.24 bits per heavy atom. The molecule has 0 aromatic rings. The predicted molar refractivity (Wildman–Crippen MR) is 75.7 cm³/mol. The van der Waals surface area contributed by atoms with E-state index >= 15 is 0 Å². The van der Waals surface area contributed by atoms with E-state index in [1.165, 1.54) is 50.0 Å². The molecule has 0 amide bonds. The molecule has 0 spiro atoms. The molecular weight excluding hydrogens is 228 g/mol. The van der Waals surface area contributed by atoms with Crippen LogP contribution in [0.2, 0.25) is 0 Å². The highest BCUT2D eigenvalue weighted by atomic mass is 32.2. The standard InChI is InChI=1S/C14H26N2S/c1-2-15-11-9-13-3-4-14(10-11)16(13)12-5-7-17-8-6-12/h11-15H,2-10H2,1H3. The Kier molecular flexibility index (Phi) is 3.98. The van der Waals surface area contributed by atoms with E-state index in [0.717, 1.165) is 30.7 Å². The van der Waals surface area contributed by atoms with Crippen molar-refractivity contribution < 1.29 is 0 Å². The maximum Gasteiger partial charge on any atom is 0.0117 e. The Hall–Kier alpha value is 0.270. The number of fused-ring (bicyclic) bond motifs is 2. The molecule has 0 aromatic heterocycles. The quantitative estimate of drug-likeness (QED) is 0.833. The summed E-state index contributed by atoms with van der Waals surface area (Å²) in [6, 6.07) is 3.56. The first-order valence-corrected chi connectivity index (χ1v) is 8.62.